The average Bonchev–Trinajstić information content (AvgIpc) is 3.24. The van der Waals surface area contributed by atoms with Gasteiger partial charge in [0.25, 0.3) is 0 Å². The van der Waals surface area contributed by atoms with Gasteiger partial charge in [0.1, 0.15) is 13.2 Å². The van der Waals surface area contributed by atoms with E-state index < -0.39 is 6.10 Å². The Bertz CT molecular complexity index is 933. The SMILES string of the molecule is CCCCCCCCCCCCC(=O)O[C@@H](COC(=O)CCCCCCCCCCCCCCCCCCC(C)C)COC(=O)CCCCCCCCCCCCC(C)CC. The topological polar surface area (TPSA) is 78.9 Å². The third kappa shape index (κ3) is 47.7. The molecule has 0 aromatic rings. The van der Waals surface area contributed by atoms with Gasteiger partial charge >= 0.3 is 17.9 Å². The van der Waals surface area contributed by atoms with Crippen molar-refractivity contribution >= 4 is 17.9 Å². The molecule has 0 aromatic heterocycles. The van der Waals surface area contributed by atoms with Crippen molar-refractivity contribution in [2.45, 2.75) is 310 Å². The fraction of sp³-hybridized carbons (Fsp3) is 0.945. The van der Waals surface area contributed by atoms with Gasteiger partial charge in [-0.25, -0.2) is 0 Å². The summed E-state index contributed by atoms with van der Waals surface area (Å²) >= 11 is 0. The first kappa shape index (κ1) is 59.4. The summed E-state index contributed by atoms with van der Waals surface area (Å²) in [7, 11) is 0. The number of hydrogen-bond donors (Lipinski definition) is 0. The fourth-order valence-corrected chi connectivity index (χ4v) is 8.31. The first-order valence-electron chi connectivity index (χ1n) is 27.3. The second-order valence-corrected chi connectivity index (χ2v) is 19.6. The van der Waals surface area contributed by atoms with Gasteiger partial charge in [0.15, 0.2) is 6.10 Å². The Labute approximate surface area is 380 Å². The summed E-state index contributed by atoms with van der Waals surface area (Å²) in [5.41, 5.74) is 0. The van der Waals surface area contributed by atoms with E-state index in [0.717, 1.165) is 69.6 Å². The molecule has 0 heterocycles. The fourth-order valence-electron chi connectivity index (χ4n) is 8.31. The Morgan fingerprint density at radius 2 is 0.623 bits per heavy atom. The van der Waals surface area contributed by atoms with Crippen molar-refractivity contribution in [3.8, 4) is 0 Å². The van der Waals surface area contributed by atoms with Gasteiger partial charge in [-0.1, -0.05) is 266 Å². The molecule has 6 heteroatoms. The Kier molecular flexibility index (Phi) is 46.6. The zero-order chi connectivity index (χ0) is 44.7. The van der Waals surface area contributed by atoms with Gasteiger partial charge in [-0.05, 0) is 31.1 Å². The number of carbonyl (C=O) groups is 3. The molecule has 0 saturated carbocycles. The van der Waals surface area contributed by atoms with Crippen LogP contribution in [-0.4, -0.2) is 37.2 Å². The molecule has 6 nitrogen and oxygen atoms in total. The Morgan fingerprint density at radius 3 is 0.934 bits per heavy atom. The Hall–Kier alpha value is -1.59. The summed E-state index contributed by atoms with van der Waals surface area (Å²) in [4.78, 5) is 38.0. The molecule has 0 aliphatic carbocycles. The number of esters is 3. The smallest absolute Gasteiger partial charge is 0.306 e. The molecule has 0 aliphatic rings. The summed E-state index contributed by atoms with van der Waals surface area (Å²) in [5.74, 6) is 0.877. The normalized spacial score (nSPS) is 12.5. The van der Waals surface area contributed by atoms with E-state index >= 15 is 0 Å². The van der Waals surface area contributed by atoms with Crippen molar-refractivity contribution in [1.82, 2.24) is 0 Å². The van der Waals surface area contributed by atoms with Crippen LogP contribution < -0.4 is 0 Å². The van der Waals surface area contributed by atoms with Crippen LogP contribution in [0.5, 0.6) is 0 Å². The summed E-state index contributed by atoms with van der Waals surface area (Å²) in [5, 5.41) is 0. The van der Waals surface area contributed by atoms with Gasteiger partial charge in [-0.2, -0.15) is 0 Å². The van der Waals surface area contributed by atoms with Crippen LogP contribution >= 0.6 is 0 Å². The highest BCUT2D eigenvalue weighted by molar-refractivity contribution is 5.71. The lowest BCUT2D eigenvalue weighted by molar-refractivity contribution is -0.167. The molecule has 0 radical (unpaired) electrons. The average molecular weight is 863 g/mol. The first-order valence-corrected chi connectivity index (χ1v) is 27.3. The van der Waals surface area contributed by atoms with Gasteiger partial charge in [0, 0.05) is 19.3 Å². The van der Waals surface area contributed by atoms with Crippen LogP contribution in [0.1, 0.15) is 304 Å². The van der Waals surface area contributed by atoms with Gasteiger partial charge in [0.2, 0.25) is 0 Å². The van der Waals surface area contributed by atoms with Crippen molar-refractivity contribution in [3.63, 3.8) is 0 Å². The van der Waals surface area contributed by atoms with E-state index in [-0.39, 0.29) is 31.1 Å². The molecule has 0 bridgehead atoms. The number of ether oxygens (including phenoxy) is 3. The maximum Gasteiger partial charge on any atom is 0.306 e. The molecule has 0 rings (SSSR count). The van der Waals surface area contributed by atoms with E-state index in [0.29, 0.717) is 19.3 Å². The molecule has 1 unspecified atom stereocenters. The minimum Gasteiger partial charge on any atom is -0.462 e. The highest BCUT2D eigenvalue weighted by Crippen LogP contribution is 2.18. The minimum atomic E-state index is -0.761. The molecule has 2 atom stereocenters. The van der Waals surface area contributed by atoms with Crippen LogP contribution in [0.3, 0.4) is 0 Å². The quantitative estimate of drug-likeness (QED) is 0.0344. The highest BCUT2D eigenvalue weighted by Gasteiger charge is 2.19. The number of unbranched alkanes of at least 4 members (excludes halogenated alkanes) is 33. The monoisotopic (exact) mass is 863 g/mol. The van der Waals surface area contributed by atoms with Crippen LogP contribution in [0.4, 0.5) is 0 Å². The van der Waals surface area contributed by atoms with E-state index in [2.05, 4.69) is 34.6 Å². The largest absolute Gasteiger partial charge is 0.462 e. The molecular formula is C55H106O6. The second-order valence-electron chi connectivity index (χ2n) is 19.6. The lowest BCUT2D eigenvalue weighted by Gasteiger charge is -2.18. The molecule has 0 spiro atoms. The maximum atomic E-state index is 12.8. The van der Waals surface area contributed by atoms with Gasteiger partial charge in [-0.15, -0.1) is 0 Å². The lowest BCUT2D eigenvalue weighted by Crippen LogP contribution is -2.30. The third-order valence-corrected chi connectivity index (χ3v) is 12.8. The summed E-state index contributed by atoms with van der Waals surface area (Å²) in [6.07, 6.45) is 49.4. The molecule has 0 amide bonds. The molecular weight excluding hydrogens is 757 g/mol. The van der Waals surface area contributed by atoms with Crippen molar-refractivity contribution in [2.75, 3.05) is 13.2 Å². The molecule has 0 fully saturated rings. The Balaban J connectivity index is 4.23. The lowest BCUT2D eigenvalue weighted by atomic mass is 9.99. The van der Waals surface area contributed by atoms with Crippen LogP contribution in [0.2, 0.25) is 0 Å². The van der Waals surface area contributed by atoms with E-state index in [1.54, 1.807) is 0 Å². The number of rotatable bonds is 49. The third-order valence-electron chi connectivity index (χ3n) is 12.8. The second kappa shape index (κ2) is 47.9. The van der Waals surface area contributed by atoms with E-state index in [1.165, 1.54) is 193 Å². The zero-order valence-electron chi connectivity index (χ0n) is 41.8. The van der Waals surface area contributed by atoms with Crippen LogP contribution in [0, 0.1) is 11.8 Å². The van der Waals surface area contributed by atoms with Gasteiger partial charge in [0.05, 0.1) is 0 Å². The van der Waals surface area contributed by atoms with Crippen LogP contribution in [0.25, 0.3) is 0 Å². The first-order chi connectivity index (χ1) is 29.8. The van der Waals surface area contributed by atoms with Crippen molar-refractivity contribution in [3.05, 3.63) is 0 Å². The standard InChI is InChI=1S/C55H106O6/c1-6-8-9-10-11-12-25-32-37-42-47-55(58)61-52(49-60-54(57)46-41-36-31-27-22-21-24-29-34-39-44-51(5)7-2)48-59-53(56)45-40-35-30-26-20-18-16-14-13-15-17-19-23-28-33-38-43-50(3)4/h50-52H,6-49H2,1-5H3/t51?,52-/m0/s1. The van der Waals surface area contributed by atoms with Crippen molar-refractivity contribution in [1.29, 1.82) is 0 Å². The van der Waals surface area contributed by atoms with Crippen LogP contribution in [-0.2, 0) is 28.6 Å². The zero-order valence-corrected chi connectivity index (χ0v) is 41.8. The van der Waals surface area contributed by atoms with Crippen LogP contribution in [0.15, 0.2) is 0 Å². The predicted octanol–water partition coefficient (Wildman–Crippen LogP) is 17.7. The summed E-state index contributed by atoms with van der Waals surface area (Å²) in [6.45, 7) is 11.4. The van der Waals surface area contributed by atoms with E-state index in [1.807, 2.05) is 0 Å². The minimum absolute atomic E-state index is 0.0633. The number of hydrogen-bond acceptors (Lipinski definition) is 6. The maximum absolute atomic E-state index is 12.8. The highest BCUT2D eigenvalue weighted by atomic mass is 16.6. The van der Waals surface area contributed by atoms with Crippen molar-refractivity contribution < 1.29 is 28.6 Å². The molecule has 61 heavy (non-hydrogen) atoms. The van der Waals surface area contributed by atoms with Gasteiger partial charge < -0.3 is 14.2 Å². The summed E-state index contributed by atoms with van der Waals surface area (Å²) in [6, 6.07) is 0. The molecule has 0 aromatic carbocycles. The Morgan fingerprint density at radius 1 is 0.344 bits per heavy atom. The molecule has 0 aliphatic heterocycles. The van der Waals surface area contributed by atoms with E-state index in [9.17, 15) is 14.4 Å². The summed E-state index contributed by atoms with van der Waals surface area (Å²) < 4.78 is 16.8. The molecule has 0 saturated heterocycles. The van der Waals surface area contributed by atoms with E-state index in [4.69, 9.17) is 14.2 Å². The predicted molar refractivity (Wildman–Crippen MR) is 261 cm³/mol. The van der Waals surface area contributed by atoms with Crippen molar-refractivity contribution in [2.24, 2.45) is 11.8 Å². The molecule has 0 N–H and O–H groups in total. The molecule has 362 valence electrons. The number of carbonyl (C=O) groups excluding carboxylic acids is 3. The van der Waals surface area contributed by atoms with Gasteiger partial charge in [-0.3, -0.25) is 14.4 Å².